The van der Waals surface area contributed by atoms with Gasteiger partial charge in [-0.15, -0.1) is 0 Å². The SMILES string of the molecule is CC(=O)c1cccc(CC(C)(C)NC[C@H](O[Si](C)(C)C(C)(C)C)c2ccc(O)c(NS(C)(=O)=O)c2)c1. The summed E-state index contributed by atoms with van der Waals surface area (Å²) in [7, 11) is -5.76. The van der Waals surface area contributed by atoms with Gasteiger partial charge >= 0.3 is 0 Å². The molecule has 0 bridgehead atoms. The van der Waals surface area contributed by atoms with Gasteiger partial charge in [0.25, 0.3) is 0 Å². The Kier molecular flexibility index (Phi) is 9.21. The van der Waals surface area contributed by atoms with E-state index in [2.05, 4.69) is 57.8 Å². The number of phenolic OH excluding ortho intramolecular Hbond substituents is 1. The molecule has 0 fully saturated rings. The number of phenols is 1. The maximum atomic E-state index is 11.8. The third kappa shape index (κ3) is 8.72. The molecule has 0 heterocycles. The van der Waals surface area contributed by atoms with Crippen molar-refractivity contribution in [3.8, 4) is 5.75 Å². The third-order valence-electron chi connectivity index (χ3n) is 6.68. The second-order valence-corrected chi connectivity index (χ2v) is 18.2. The Morgan fingerprint density at radius 1 is 1.08 bits per heavy atom. The van der Waals surface area contributed by atoms with E-state index in [1.807, 2.05) is 24.3 Å². The highest BCUT2D eigenvalue weighted by atomic mass is 32.2. The zero-order valence-corrected chi connectivity index (χ0v) is 24.8. The molecule has 7 nitrogen and oxygen atoms in total. The van der Waals surface area contributed by atoms with Crippen molar-refractivity contribution in [1.82, 2.24) is 5.32 Å². The average molecular weight is 535 g/mol. The molecule has 0 aliphatic carbocycles. The normalized spacial score (nSPS) is 13.9. The lowest BCUT2D eigenvalue weighted by atomic mass is 9.93. The Hall–Kier alpha value is -2.20. The molecular formula is C27H42N2O5SSi. The summed E-state index contributed by atoms with van der Waals surface area (Å²) in [5, 5.41) is 13.8. The van der Waals surface area contributed by atoms with E-state index in [0.29, 0.717) is 18.5 Å². The fourth-order valence-electron chi connectivity index (χ4n) is 3.64. The van der Waals surface area contributed by atoms with Crippen LogP contribution in [0.5, 0.6) is 5.75 Å². The van der Waals surface area contributed by atoms with Gasteiger partial charge in [-0.2, -0.15) is 0 Å². The topological polar surface area (TPSA) is 105 Å². The first-order chi connectivity index (χ1) is 16.3. The zero-order valence-electron chi connectivity index (χ0n) is 23.0. The van der Waals surface area contributed by atoms with Crippen LogP contribution in [0.3, 0.4) is 0 Å². The van der Waals surface area contributed by atoms with E-state index in [9.17, 15) is 18.3 Å². The van der Waals surface area contributed by atoms with Crippen molar-refractivity contribution in [2.24, 2.45) is 0 Å². The van der Waals surface area contributed by atoms with Crippen LogP contribution in [0, 0.1) is 0 Å². The second kappa shape index (κ2) is 11.0. The van der Waals surface area contributed by atoms with E-state index in [-0.39, 0.29) is 33.9 Å². The first kappa shape index (κ1) is 30.0. The summed E-state index contributed by atoms with van der Waals surface area (Å²) in [6, 6.07) is 12.6. The minimum absolute atomic E-state index is 0.0291. The maximum absolute atomic E-state index is 11.8. The molecule has 0 saturated heterocycles. The smallest absolute Gasteiger partial charge is 0.229 e. The van der Waals surface area contributed by atoms with Crippen molar-refractivity contribution in [2.75, 3.05) is 17.5 Å². The van der Waals surface area contributed by atoms with Gasteiger partial charge in [-0.05, 0) is 74.7 Å². The van der Waals surface area contributed by atoms with E-state index < -0.39 is 18.3 Å². The number of anilines is 1. The van der Waals surface area contributed by atoms with E-state index in [4.69, 9.17) is 4.43 Å². The summed E-state index contributed by atoms with van der Waals surface area (Å²) in [5.74, 6) is -0.106. The van der Waals surface area contributed by atoms with E-state index >= 15 is 0 Å². The van der Waals surface area contributed by atoms with Crippen molar-refractivity contribution in [3.05, 3.63) is 59.2 Å². The van der Waals surface area contributed by atoms with Crippen molar-refractivity contribution in [1.29, 1.82) is 0 Å². The Bertz CT molecular complexity index is 1190. The highest BCUT2D eigenvalue weighted by molar-refractivity contribution is 7.92. The van der Waals surface area contributed by atoms with Crippen molar-refractivity contribution in [2.45, 2.75) is 77.7 Å². The average Bonchev–Trinajstić information content (AvgIpc) is 2.71. The molecule has 1 atom stereocenters. The highest BCUT2D eigenvalue weighted by Gasteiger charge is 2.40. The summed E-state index contributed by atoms with van der Waals surface area (Å²) < 4.78 is 32.8. The van der Waals surface area contributed by atoms with Crippen molar-refractivity contribution < 1.29 is 22.7 Å². The number of nitrogens with one attached hydrogen (secondary N) is 2. The zero-order chi connectivity index (χ0) is 27.5. The number of rotatable bonds is 11. The molecule has 0 radical (unpaired) electrons. The summed E-state index contributed by atoms with van der Waals surface area (Å²) in [6.45, 7) is 17.1. The largest absolute Gasteiger partial charge is 0.506 e. The number of sulfonamides is 1. The van der Waals surface area contributed by atoms with Gasteiger partial charge in [0, 0.05) is 17.6 Å². The molecule has 0 saturated carbocycles. The van der Waals surface area contributed by atoms with Crippen LogP contribution in [0.1, 0.15) is 69.1 Å². The molecule has 2 aromatic rings. The molecule has 0 aliphatic heterocycles. The van der Waals surface area contributed by atoms with Crippen molar-refractivity contribution in [3.63, 3.8) is 0 Å². The van der Waals surface area contributed by atoms with E-state index in [1.54, 1.807) is 19.1 Å². The van der Waals surface area contributed by atoms with Crippen molar-refractivity contribution >= 4 is 29.8 Å². The molecule has 0 aliphatic rings. The molecule has 0 unspecified atom stereocenters. The van der Waals surface area contributed by atoms with Gasteiger partial charge in [0.2, 0.25) is 10.0 Å². The number of hydrogen-bond donors (Lipinski definition) is 3. The van der Waals surface area contributed by atoms with Gasteiger partial charge in [0.1, 0.15) is 5.75 Å². The van der Waals surface area contributed by atoms with Crippen LogP contribution in [-0.4, -0.2) is 46.0 Å². The number of benzene rings is 2. The fourth-order valence-corrected chi connectivity index (χ4v) is 5.48. The summed E-state index contributed by atoms with van der Waals surface area (Å²) in [5.41, 5.74) is 2.34. The number of Topliss-reactive ketones (excluding diaryl/α,β-unsaturated/α-hetero) is 1. The van der Waals surface area contributed by atoms with Gasteiger partial charge in [-0.25, -0.2) is 8.42 Å². The summed E-state index contributed by atoms with van der Waals surface area (Å²) in [4.78, 5) is 11.8. The lowest BCUT2D eigenvalue weighted by molar-refractivity contribution is 0.101. The number of carbonyl (C=O) groups excluding carboxylic acids is 1. The molecule has 3 N–H and O–H groups in total. The molecule has 36 heavy (non-hydrogen) atoms. The molecule has 200 valence electrons. The first-order valence-corrected chi connectivity index (χ1v) is 16.9. The van der Waals surface area contributed by atoms with Gasteiger partial charge < -0.3 is 14.8 Å². The number of ketones is 1. The molecule has 2 rings (SSSR count). The van der Waals surface area contributed by atoms with Crippen LogP contribution >= 0.6 is 0 Å². The molecular weight excluding hydrogens is 492 g/mol. The monoisotopic (exact) mass is 534 g/mol. The number of carbonyl (C=O) groups is 1. The standard InChI is InChI=1S/C27H42N2O5SSi/c1-19(30)21-12-10-11-20(15-21)17-27(5,6)28-18-25(34-36(8,9)26(2,3)4)22-13-14-24(31)23(16-22)29-35(7,32)33/h10-16,25,28-29,31H,17-18H2,1-9H3/t25-/m0/s1. The summed E-state index contributed by atoms with van der Waals surface area (Å²) >= 11 is 0. The van der Waals surface area contributed by atoms with E-state index in [1.165, 1.54) is 6.07 Å². The van der Waals surface area contributed by atoms with Crippen LogP contribution in [0.25, 0.3) is 0 Å². The Labute approximate surface area is 217 Å². The quantitative estimate of drug-likeness (QED) is 0.196. The van der Waals surface area contributed by atoms with Crippen LogP contribution in [0.15, 0.2) is 42.5 Å². The van der Waals surface area contributed by atoms with Crippen LogP contribution in [-0.2, 0) is 20.9 Å². The van der Waals surface area contributed by atoms with Crippen LogP contribution in [0.4, 0.5) is 5.69 Å². The Morgan fingerprint density at radius 2 is 1.72 bits per heavy atom. The fraction of sp³-hybridized carbons (Fsp3) is 0.519. The van der Waals surface area contributed by atoms with Crippen LogP contribution in [0.2, 0.25) is 18.1 Å². The predicted octanol–water partition coefficient (Wildman–Crippen LogP) is 5.64. The Morgan fingerprint density at radius 3 is 2.28 bits per heavy atom. The predicted molar refractivity (Wildman–Crippen MR) is 150 cm³/mol. The number of hydrogen-bond acceptors (Lipinski definition) is 6. The molecule has 0 amide bonds. The first-order valence-electron chi connectivity index (χ1n) is 12.1. The Balaban J connectivity index is 2.34. The van der Waals surface area contributed by atoms with Gasteiger partial charge in [0.05, 0.1) is 18.0 Å². The summed E-state index contributed by atoms with van der Waals surface area (Å²) in [6.07, 6.45) is 1.39. The lowest BCUT2D eigenvalue weighted by Crippen LogP contribution is -2.47. The van der Waals surface area contributed by atoms with Gasteiger partial charge in [-0.1, -0.05) is 45.0 Å². The van der Waals surface area contributed by atoms with Crippen LogP contribution < -0.4 is 10.0 Å². The lowest BCUT2D eigenvalue weighted by Gasteiger charge is -2.40. The highest BCUT2D eigenvalue weighted by Crippen LogP contribution is 2.40. The second-order valence-electron chi connectivity index (χ2n) is 11.7. The molecule has 9 heteroatoms. The number of aromatic hydroxyl groups is 1. The molecule has 2 aromatic carbocycles. The third-order valence-corrected chi connectivity index (χ3v) is 11.8. The maximum Gasteiger partial charge on any atom is 0.229 e. The van der Waals surface area contributed by atoms with Gasteiger partial charge in [0.15, 0.2) is 14.1 Å². The molecule has 0 spiro atoms. The minimum atomic E-state index is -3.56. The minimum Gasteiger partial charge on any atom is -0.506 e. The van der Waals surface area contributed by atoms with E-state index in [0.717, 1.165) is 17.4 Å². The van der Waals surface area contributed by atoms with Gasteiger partial charge in [-0.3, -0.25) is 9.52 Å². The molecule has 0 aromatic heterocycles.